The van der Waals surface area contributed by atoms with E-state index in [-0.39, 0.29) is 0 Å². The van der Waals surface area contributed by atoms with Crippen LogP contribution in [0.4, 0.5) is 0 Å². The average Bonchev–Trinajstić information content (AvgIpc) is 3.40. The van der Waals surface area contributed by atoms with Crippen molar-refractivity contribution in [3.05, 3.63) is 89.4 Å². The van der Waals surface area contributed by atoms with E-state index < -0.39 is 0 Å². The number of ether oxygens (including phenoxy) is 1. The van der Waals surface area contributed by atoms with Crippen LogP contribution >= 0.6 is 0 Å². The number of hydrogen-bond donors (Lipinski definition) is 1. The van der Waals surface area contributed by atoms with Gasteiger partial charge in [0, 0.05) is 17.3 Å². The van der Waals surface area contributed by atoms with Crippen LogP contribution in [0.5, 0.6) is 5.75 Å². The van der Waals surface area contributed by atoms with Crippen LogP contribution in [-0.2, 0) is 19.3 Å². The highest BCUT2D eigenvalue weighted by molar-refractivity contribution is 5.83. The summed E-state index contributed by atoms with van der Waals surface area (Å²) < 4.78 is 5.97. The molecule has 2 aromatic carbocycles. The highest BCUT2D eigenvalue weighted by atomic mass is 16.5. The van der Waals surface area contributed by atoms with Crippen LogP contribution in [0.1, 0.15) is 41.1 Å². The Balaban J connectivity index is 1.11. The van der Waals surface area contributed by atoms with Crippen LogP contribution in [0.2, 0.25) is 0 Å². The molecule has 1 N–H and O–H groups in total. The summed E-state index contributed by atoms with van der Waals surface area (Å²) in [5, 5.41) is 9.24. The number of rotatable bonds is 7. The zero-order valence-electron chi connectivity index (χ0n) is 16.5. The van der Waals surface area contributed by atoms with Gasteiger partial charge in [-0.2, -0.15) is 5.10 Å². The summed E-state index contributed by atoms with van der Waals surface area (Å²) in [4.78, 5) is 3.48. The molecule has 0 amide bonds. The highest BCUT2D eigenvalue weighted by Gasteiger charge is 2.23. The third kappa shape index (κ3) is 3.88. The van der Waals surface area contributed by atoms with E-state index >= 15 is 0 Å². The number of benzene rings is 2. The summed E-state index contributed by atoms with van der Waals surface area (Å²) in [7, 11) is 0. The first-order valence-corrected chi connectivity index (χ1v) is 10.4. The lowest BCUT2D eigenvalue weighted by Gasteiger charge is -2.08. The molecule has 0 radical (unpaired) electrons. The Morgan fingerprint density at radius 2 is 1.83 bits per heavy atom. The molecule has 0 unspecified atom stereocenters. The van der Waals surface area contributed by atoms with Gasteiger partial charge in [0.25, 0.3) is 0 Å². The molecule has 4 nitrogen and oxygen atoms in total. The maximum Gasteiger partial charge on any atom is 0.147 e. The number of aromatic nitrogens is 3. The first-order chi connectivity index (χ1) is 14.4. The van der Waals surface area contributed by atoms with Gasteiger partial charge in [0.15, 0.2) is 0 Å². The molecule has 4 heteroatoms. The topological polar surface area (TPSA) is 50.8 Å². The third-order valence-corrected chi connectivity index (χ3v) is 5.89. The van der Waals surface area contributed by atoms with Crippen LogP contribution < -0.4 is 4.74 Å². The Morgan fingerprint density at radius 1 is 0.966 bits per heavy atom. The molecule has 0 saturated carbocycles. The number of unbranched alkanes of at least 4 members (excludes halogenated alkanes) is 1. The minimum absolute atomic E-state index is 0.619. The lowest BCUT2D eigenvalue weighted by atomic mass is 9.98. The summed E-state index contributed by atoms with van der Waals surface area (Å²) in [6.07, 6.45) is 9.40. The molecular formula is C25H25N3O. The van der Waals surface area contributed by atoms with Crippen LogP contribution in [0.15, 0.2) is 67.0 Å². The van der Waals surface area contributed by atoms with E-state index in [9.17, 15) is 0 Å². The van der Waals surface area contributed by atoms with Crippen LogP contribution in [0.25, 0.3) is 10.9 Å². The Bertz CT molecular complexity index is 1090. The number of nitrogens with zero attached hydrogens (tertiary/aromatic N) is 2. The molecule has 29 heavy (non-hydrogen) atoms. The summed E-state index contributed by atoms with van der Waals surface area (Å²) in [6.45, 7) is 0.696. The Morgan fingerprint density at radius 3 is 2.69 bits per heavy atom. The second-order valence-electron chi connectivity index (χ2n) is 7.86. The fourth-order valence-corrected chi connectivity index (χ4v) is 4.34. The molecule has 4 aromatic rings. The molecule has 1 aliphatic carbocycles. The van der Waals surface area contributed by atoms with Gasteiger partial charge in [-0.05, 0) is 72.9 Å². The standard InChI is InChI=1S/C25H25N3O/c1-2-7-20-15-21(14-19(20)6-1)22-16-23(26-17-22)9-3-4-13-29-24-10-5-8-18-11-12-27-28-25(18)24/h1-2,5-8,10-12,16-17,21,26H,3-4,9,13-15H2. The van der Waals surface area contributed by atoms with Gasteiger partial charge in [-0.25, -0.2) is 0 Å². The van der Waals surface area contributed by atoms with Gasteiger partial charge in [0.05, 0.1) is 12.8 Å². The molecule has 0 saturated heterocycles. The SMILES string of the molecule is c1ccc2c(c1)CC(c1c[nH]c(CCCCOc3cccc4ccnnc34)c1)C2. The lowest BCUT2D eigenvalue weighted by molar-refractivity contribution is 0.309. The van der Waals surface area contributed by atoms with Crippen LogP contribution in [0.3, 0.4) is 0 Å². The monoisotopic (exact) mass is 383 g/mol. The summed E-state index contributed by atoms with van der Waals surface area (Å²) in [5.41, 5.74) is 6.63. The van der Waals surface area contributed by atoms with Gasteiger partial charge in [-0.3, -0.25) is 0 Å². The van der Waals surface area contributed by atoms with Crippen molar-refractivity contribution in [3.63, 3.8) is 0 Å². The molecule has 2 heterocycles. The van der Waals surface area contributed by atoms with Crippen molar-refractivity contribution in [2.24, 2.45) is 0 Å². The van der Waals surface area contributed by atoms with E-state index in [1.807, 2.05) is 24.3 Å². The zero-order chi connectivity index (χ0) is 19.5. The number of H-pyrrole nitrogens is 1. The summed E-state index contributed by atoms with van der Waals surface area (Å²) in [6, 6.07) is 19.2. The maximum atomic E-state index is 5.97. The molecule has 0 fully saturated rings. The second-order valence-corrected chi connectivity index (χ2v) is 7.86. The molecule has 0 aliphatic heterocycles. The number of aryl methyl sites for hydroxylation is 1. The molecule has 2 aromatic heterocycles. The van der Waals surface area contributed by atoms with Gasteiger partial charge in [0.2, 0.25) is 0 Å². The van der Waals surface area contributed by atoms with Crippen LogP contribution in [-0.4, -0.2) is 21.8 Å². The van der Waals surface area contributed by atoms with Crippen molar-refractivity contribution >= 4 is 10.9 Å². The molecule has 0 atom stereocenters. The Hall–Kier alpha value is -3.14. The summed E-state index contributed by atoms with van der Waals surface area (Å²) in [5.74, 6) is 1.44. The molecule has 0 bridgehead atoms. The Kier molecular flexibility index (Phi) is 4.99. The minimum Gasteiger partial charge on any atom is -0.491 e. The van der Waals surface area contributed by atoms with E-state index in [0.717, 1.165) is 48.8 Å². The second kappa shape index (κ2) is 8.08. The van der Waals surface area contributed by atoms with Crippen LogP contribution in [0, 0.1) is 0 Å². The van der Waals surface area contributed by atoms with Gasteiger partial charge in [-0.1, -0.05) is 36.4 Å². The third-order valence-electron chi connectivity index (χ3n) is 5.89. The summed E-state index contributed by atoms with van der Waals surface area (Å²) >= 11 is 0. The average molecular weight is 383 g/mol. The highest BCUT2D eigenvalue weighted by Crippen LogP contribution is 2.34. The lowest BCUT2D eigenvalue weighted by Crippen LogP contribution is -2.00. The van der Waals surface area contributed by atoms with E-state index in [4.69, 9.17) is 4.74 Å². The van der Waals surface area contributed by atoms with Gasteiger partial charge in [0.1, 0.15) is 11.3 Å². The molecule has 146 valence electrons. The number of fused-ring (bicyclic) bond motifs is 2. The molecule has 1 aliphatic rings. The maximum absolute atomic E-state index is 5.97. The van der Waals surface area contributed by atoms with Gasteiger partial charge >= 0.3 is 0 Å². The van der Waals surface area contributed by atoms with Crippen molar-refractivity contribution in [1.29, 1.82) is 0 Å². The van der Waals surface area contributed by atoms with Crippen molar-refractivity contribution in [2.45, 2.75) is 38.0 Å². The minimum atomic E-state index is 0.619. The van der Waals surface area contributed by atoms with E-state index in [1.165, 1.54) is 22.4 Å². The van der Waals surface area contributed by atoms with Crippen molar-refractivity contribution in [2.75, 3.05) is 6.61 Å². The number of aromatic amines is 1. The first-order valence-electron chi connectivity index (χ1n) is 10.4. The van der Waals surface area contributed by atoms with Gasteiger partial charge in [-0.15, -0.1) is 5.10 Å². The molecule has 0 spiro atoms. The van der Waals surface area contributed by atoms with E-state index in [1.54, 1.807) is 6.20 Å². The fourth-order valence-electron chi connectivity index (χ4n) is 4.34. The zero-order valence-corrected chi connectivity index (χ0v) is 16.5. The normalized spacial score (nSPS) is 13.7. The molecular weight excluding hydrogens is 358 g/mol. The number of nitrogens with one attached hydrogen (secondary N) is 1. The van der Waals surface area contributed by atoms with Gasteiger partial charge < -0.3 is 9.72 Å². The predicted octanol–water partition coefficient (Wildman–Crippen LogP) is 5.24. The molecule has 5 rings (SSSR count). The smallest absolute Gasteiger partial charge is 0.147 e. The van der Waals surface area contributed by atoms with Crippen molar-refractivity contribution < 1.29 is 4.74 Å². The van der Waals surface area contributed by atoms with E-state index in [0.29, 0.717) is 12.5 Å². The van der Waals surface area contributed by atoms with E-state index in [2.05, 4.69) is 51.7 Å². The Labute approximate surface area is 171 Å². The largest absolute Gasteiger partial charge is 0.491 e. The van der Waals surface area contributed by atoms with Crippen molar-refractivity contribution in [1.82, 2.24) is 15.2 Å². The fraction of sp³-hybridized carbons (Fsp3) is 0.280. The quantitative estimate of drug-likeness (QED) is 0.444. The van der Waals surface area contributed by atoms with Crippen molar-refractivity contribution in [3.8, 4) is 5.75 Å². The predicted molar refractivity (Wildman–Crippen MR) is 115 cm³/mol. The first kappa shape index (κ1) is 17.9. The number of hydrogen-bond acceptors (Lipinski definition) is 3.